The molecule has 5 heteroatoms. The van der Waals surface area contributed by atoms with E-state index in [1.165, 1.54) is 10.8 Å². The highest BCUT2D eigenvalue weighted by Crippen LogP contribution is 1.95. The van der Waals surface area contributed by atoms with Crippen molar-refractivity contribution in [3.63, 3.8) is 0 Å². The Morgan fingerprint density at radius 2 is 2.33 bits per heavy atom. The quantitative estimate of drug-likeness (QED) is 0.722. The third kappa shape index (κ3) is 4.01. The fourth-order valence-electron chi connectivity index (χ4n) is 1.08. The maximum Gasteiger partial charge on any atom is 0.288 e. The molecule has 15 heavy (non-hydrogen) atoms. The maximum absolute atomic E-state index is 11.4. The van der Waals surface area contributed by atoms with Crippen LogP contribution in [0.15, 0.2) is 17.2 Å². The van der Waals surface area contributed by atoms with E-state index < -0.39 is 0 Å². The summed E-state index contributed by atoms with van der Waals surface area (Å²) in [5.74, 6) is 0.503. The van der Waals surface area contributed by atoms with Crippen LogP contribution in [-0.4, -0.2) is 22.8 Å². The van der Waals surface area contributed by atoms with Crippen molar-refractivity contribution in [3.8, 4) is 0 Å². The molecule has 1 rings (SSSR count). The summed E-state index contributed by atoms with van der Waals surface area (Å²) in [4.78, 5) is 15.1. The van der Waals surface area contributed by atoms with Crippen LogP contribution in [0.5, 0.6) is 0 Å². The van der Waals surface area contributed by atoms with Crippen molar-refractivity contribution in [2.45, 2.75) is 20.4 Å². The molecule has 0 bridgehead atoms. The Labute approximate surface area is 93.8 Å². The fraction of sp³-hybridized carbons (Fsp3) is 0.600. The molecule has 0 aliphatic heterocycles. The SMILES string of the molecule is CC(C)COCCn1ccnc(Cl)c1=O. The summed E-state index contributed by atoms with van der Waals surface area (Å²) < 4.78 is 6.87. The first kappa shape index (κ1) is 12.2. The molecule has 0 unspecified atom stereocenters. The molecule has 0 aliphatic rings. The lowest BCUT2D eigenvalue weighted by atomic mass is 10.2. The number of halogens is 1. The van der Waals surface area contributed by atoms with Crippen molar-refractivity contribution in [2.75, 3.05) is 13.2 Å². The normalized spacial score (nSPS) is 10.9. The largest absolute Gasteiger partial charge is 0.379 e. The predicted octanol–water partition coefficient (Wildman–Crippen LogP) is 1.57. The van der Waals surface area contributed by atoms with Gasteiger partial charge >= 0.3 is 0 Å². The second-order valence-electron chi connectivity index (χ2n) is 3.69. The van der Waals surface area contributed by atoms with Gasteiger partial charge in [-0.25, -0.2) is 4.98 Å². The maximum atomic E-state index is 11.4. The predicted molar refractivity (Wildman–Crippen MR) is 59.2 cm³/mol. The van der Waals surface area contributed by atoms with Gasteiger partial charge in [-0.15, -0.1) is 0 Å². The van der Waals surface area contributed by atoms with Crippen LogP contribution in [0.3, 0.4) is 0 Å². The summed E-state index contributed by atoms with van der Waals surface area (Å²) in [5.41, 5.74) is -0.271. The number of rotatable bonds is 5. The van der Waals surface area contributed by atoms with Crippen LogP contribution in [-0.2, 0) is 11.3 Å². The van der Waals surface area contributed by atoms with E-state index in [4.69, 9.17) is 16.3 Å². The van der Waals surface area contributed by atoms with Gasteiger partial charge in [0.1, 0.15) is 0 Å². The third-order valence-corrected chi connectivity index (χ3v) is 2.06. The molecule has 0 spiro atoms. The molecule has 1 aromatic rings. The third-order valence-electron chi connectivity index (χ3n) is 1.80. The topological polar surface area (TPSA) is 44.1 Å². The standard InChI is InChI=1S/C10H15ClN2O2/c1-8(2)7-15-6-5-13-4-3-12-9(11)10(13)14/h3-4,8H,5-7H2,1-2H3. The molecule has 4 nitrogen and oxygen atoms in total. The van der Waals surface area contributed by atoms with Gasteiger partial charge in [-0.2, -0.15) is 0 Å². The van der Waals surface area contributed by atoms with Crippen molar-refractivity contribution >= 4 is 11.6 Å². The fourth-order valence-corrected chi connectivity index (χ4v) is 1.24. The van der Waals surface area contributed by atoms with E-state index in [1.807, 2.05) is 0 Å². The first-order valence-corrected chi connectivity index (χ1v) is 5.27. The van der Waals surface area contributed by atoms with Gasteiger partial charge in [0.15, 0.2) is 5.15 Å². The van der Waals surface area contributed by atoms with Crippen LogP contribution < -0.4 is 5.56 Å². The van der Waals surface area contributed by atoms with Crippen molar-refractivity contribution in [2.24, 2.45) is 5.92 Å². The van der Waals surface area contributed by atoms with Crippen LogP contribution in [0.4, 0.5) is 0 Å². The summed E-state index contributed by atoms with van der Waals surface area (Å²) in [6, 6.07) is 0. The highest BCUT2D eigenvalue weighted by molar-refractivity contribution is 6.29. The van der Waals surface area contributed by atoms with Gasteiger partial charge in [0, 0.05) is 25.5 Å². The average Bonchev–Trinajstić information content (AvgIpc) is 2.18. The molecule has 1 aromatic heterocycles. The number of hydrogen-bond donors (Lipinski definition) is 0. The number of hydrogen-bond acceptors (Lipinski definition) is 3. The lowest BCUT2D eigenvalue weighted by Crippen LogP contribution is -2.23. The van der Waals surface area contributed by atoms with Gasteiger partial charge in [0.25, 0.3) is 5.56 Å². The molecule has 0 aromatic carbocycles. The first-order valence-electron chi connectivity index (χ1n) is 4.90. The average molecular weight is 231 g/mol. The highest BCUT2D eigenvalue weighted by atomic mass is 35.5. The monoisotopic (exact) mass is 230 g/mol. The Balaban J connectivity index is 2.44. The zero-order valence-corrected chi connectivity index (χ0v) is 9.70. The molecule has 0 aliphatic carbocycles. The van der Waals surface area contributed by atoms with Gasteiger partial charge in [0.05, 0.1) is 6.61 Å². The number of aromatic nitrogens is 2. The van der Waals surface area contributed by atoms with Crippen molar-refractivity contribution in [1.29, 1.82) is 0 Å². The molecule has 0 amide bonds. The highest BCUT2D eigenvalue weighted by Gasteiger charge is 2.01. The van der Waals surface area contributed by atoms with Crippen molar-refractivity contribution in [3.05, 3.63) is 27.9 Å². The Hall–Kier alpha value is -0.870. The second-order valence-corrected chi connectivity index (χ2v) is 4.04. The van der Waals surface area contributed by atoms with Gasteiger partial charge in [-0.05, 0) is 5.92 Å². The smallest absolute Gasteiger partial charge is 0.288 e. The second kappa shape index (κ2) is 5.88. The van der Waals surface area contributed by atoms with E-state index in [0.29, 0.717) is 25.7 Å². The molecule has 0 saturated heterocycles. The Kier molecular flexibility index (Phi) is 4.78. The van der Waals surface area contributed by atoms with Gasteiger partial charge in [0.2, 0.25) is 0 Å². The van der Waals surface area contributed by atoms with Crippen LogP contribution in [0.1, 0.15) is 13.8 Å². The van der Waals surface area contributed by atoms with E-state index in [-0.39, 0.29) is 10.7 Å². The Morgan fingerprint density at radius 1 is 1.60 bits per heavy atom. The summed E-state index contributed by atoms with van der Waals surface area (Å²) >= 11 is 5.59. The summed E-state index contributed by atoms with van der Waals surface area (Å²) in [6.07, 6.45) is 3.11. The number of nitrogens with zero attached hydrogens (tertiary/aromatic N) is 2. The van der Waals surface area contributed by atoms with Crippen molar-refractivity contribution < 1.29 is 4.74 Å². The molecule has 84 valence electrons. The number of ether oxygens (including phenoxy) is 1. The lowest BCUT2D eigenvalue weighted by molar-refractivity contribution is 0.102. The molecular weight excluding hydrogens is 216 g/mol. The van der Waals surface area contributed by atoms with Crippen LogP contribution in [0.2, 0.25) is 5.15 Å². The molecule has 1 heterocycles. The summed E-state index contributed by atoms with van der Waals surface area (Å²) in [5, 5.41) is 0.00126. The Bertz CT molecular complexity index is 363. The zero-order valence-electron chi connectivity index (χ0n) is 8.94. The lowest BCUT2D eigenvalue weighted by Gasteiger charge is -2.08. The minimum absolute atomic E-state index is 0.00126. The summed E-state index contributed by atoms with van der Waals surface area (Å²) in [6.45, 7) is 5.88. The van der Waals surface area contributed by atoms with Crippen LogP contribution >= 0.6 is 11.6 Å². The Morgan fingerprint density at radius 3 is 3.00 bits per heavy atom. The molecule has 0 fully saturated rings. The van der Waals surface area contributed by atoms with Gasteiger partial charge in [-0.1, -0.05) is 25.4 Å². The van der Waals surface area contributed by atoms with Gasteiger partial charge < -0.3 is 9.30 Å². The van der Waals surface area contributed by atoms with E-state index in [0.717, 1.165) is 0 Å². The minimum Gasteiger partial charge on any atom is -0.379 e. The van der Waals surface area contributed by atoms with Crippen LogP contribution in [0.25, 0.3) is 0 Å². The van der Waals surface area contributed by atoms with E-state index >= 15 is 0 Å². The van der Waals surface area contributed by atoms with Crippen molar-refractivity contribution in [1.82, 2.24) is 9.55 Å². The molecule has 0 radical (unpaired) electrons. The van der Waals surface area contributed by atoms with E-state index in [1.54, 1.807) is 6.20 Å². The molecule has 0 saturated carbocycles. The molecule has 0 N–H and O–H groups in total. The van der Waals surface area contributed by atoms with E-state index in [2.05, 4.69) is 18.8 Å². The molecule has 0 atom stereocenters. The van der Waals surface area contributed by atoms with E-state index in [9.17, 15) is 4.79 Å². The van der Waals surface area contributed by atoms with Gasteiger partial charge in [-0.3, -0.25) is 4.79 Å². The first-order chi connectivity index (χ1) is 7.11. The molecular formula is C10H15ClN2O2. The summed E-state index contributed by atoms with van der Waals surface area (Å²) in [7, 11) is 0. The minimum atomic E-state index is -0.271. The van der Waals surface area contributed by atoms with Crippen LogP contribution in [0, 0.1) is 5.92 Å². The zero-order chi connectivity index (χ0) is 11.3.